The first-order valence-electron chi connectivity index (χ1n) is 5.83. The topological polar surface area (TPSA) is 55.0 Å². The predicted octanol–water partition coefficient (Wildman–Crippen LogP) is 2.34. The molecule has 0 radical (unpaired) electrons. The van der Waals surface area contributed by atoms with Gasteiger partial charge in [-0.2, -0.15) is 4.99 Å². The summed E-state index contributed by atoms with van der Waals surface area (Å²) in [5.74, 6) is 0.431. The van der Waals surface area contributed by atoms with Gasteiger partial charge in [0.1, 0.15) is 5.76 Å². The number of furan rings is 1. The Balaban J connectivity index is 1.74. The van der Waals surface area contributed by atoms with Crippen LogP contribution in [0, 0.1) is 0 Å². The van der Waals surface area contributed by atoms with Crippen molar-refractivity contribution in [2.24, 2.45) is 4.99 Å². The Labute approximate surface area is 122 Å². The van der Waals surface area contributed by atoms with Gasteiger partial charge in [-0.3, -0.25) is 4.79 Å². The van der Waals surface area contributed by atoms with Crippen molar-refractivity contribution >= 4 is 44.8 Å². The van der Waals surface area contributed by atoms with Crippen molar-refractivity contribution < 1.29 is 13.9 Å². The molecule has 0 unspecified atom stereocenters. The number of nitrogens with zero attached hydrogens (tertiary/aromatic N) is 2. The van der Waals surface area contributed by atoms with Gasteiger partial charge < -0.3 is 14.1 Å². The standard InChI is InChI=1S/C12H11BrN2O3S/c13-10-2-1-8(18-10)7-9-11(16)14-12(19-9)15-3-5-17-6-4-15/h1-2,7H,3-6H2/b9-7+. The number of rotatable bonds is 1. The lowest BCUT2D eigenvalue weighted by atomic mass is 10.4. The minimum atomic E-state index is -0.209. The molecule has 5 nitrogen and oxygen atoms in total. The lowest BCUT2D eigenvalue weighted by Crippen LogP contribution is -2.38. The minimum Gasteiger partial charge on any atom is -0.450 e. The van der Waals surface area contributed by atoms with E-state index in [2.05, 4.69) is 25.8 Å². The molecule has 1 aromatic rings. The van der Waals surface area contributed by atoms with Crippen LogP contribution in [0.4, 0.5) is 0 Å². The van der Waals surface area contributed by atoms with E-state index in [1.807, 2.05) is 0 Å². The zero-order valence-corrected chi connectivity index (χ0v) is 12.4. The third-order valence-electron chi connectivity index (χ3n) is 2.76. The SMILES string of the molecule is O=C1N=C(N2CCOCC2)S/C1=C/c1ccc(Br)o1. The van der Waals surface area contributed by atoms with E-state index >= 15 is 0 Å². The van der Waals surface area contributed by atoms with Gasteiger partial charge in [0.25, 0.3) is 5.91 Å². The van der Waals surface area contributed by atoms with Crippen LogP contribution in [0.1, 0.15) is 5.76 Å². The second-order valence-corrected chi connectivity index (χ2v) is 5.84. The zero-order valence-electron chi connectivity index (χ0n) is 9.97. The van der Waals surface area contributed by atoms with E-state index in [1.165, 1.54) is 11.8 Å². The maximum Gasteiger partial charge on any atom is 0.286 e. The third-order valence-corrected chi connectivity index (χ3v) is 4.23. The van der Waals surface area contributed by atoms with Gasteiger partial charge in [-0.05, 0) is 39.8 Å². The summed E-state index contributed by atoms with van der Waals surface area (Å²) in [6.45, 7) is 2.91. The van der Waals surface area contributed by atoms with Crippen LogP contribution in [-0.4, -0.2) is 42.3 Å². The average molecular weight is 343 g/mol. The molecule has 0 bridgehead atoms. The molecule has 0 spiro atoms. The summed E-state index contributed by atoms with van der Waals surface area (Å²) in [5, 5.41) is 0.755. The number of ether oxygens (including phenoxy) is 1. The smallest absolute Gasteiger partial charge is 0.286 e. The number of morpholine rings is 1. The molecule has 1 fully saturated rings. The zero-order chi connectivity index (χ0) is 13.2. The van der Waals surface area contributed by atoms with Crippen LogP contribution in [0.2, 0.25) is 0 Å². The van der Waals surface area contributed by atoms with Crippen LogP contribution in [-0.2, 0) is 9.53 Å². The summed E-state index contributed by atoms with van der Waals surface area (Å²) < 4.78 is 11.3. The number of hydrogen-bond acceptors (Lipinski definition) is 5. The van der Waals surface area contributed by atoms with Crippen molar-refractivity contribution in [1.82, 2.24) is 4.90 Å². The Bertz CT molecular complexity index is 561. The molecule has 100 valence electrons. The summed E-state index contributed by atoms with van der Waals surface area (Å²) in [6.07, 6.45) is 1.72. The molecule has 2 aliphatic heterocycles. The maximum absolute atomic E-state index is 11.9. The molecular weight excluding hydrogens is 332 g/mol. The molecule has 3 rings (SSSR count). The van der Waals surface area contributed by atoms with E-state index in [4.69, 9.17) is 9.15 Å². The molecule has 0 aromatic carbocycles. The van der Waals surface area contributed by atoms with Crippen LogP contribution in [0.15, 0.2) is 31.1 Å². The van der Waals surface area contributed by atoms with Gasteiger partial charge in [0.05, 0.1) is 18.1 Å². The van der Waals surface area contributed by atoms with Crippen LogP contribution in [0.5, 0.6) is 0 Å². The fourth-order valence-electron chi connectivity index (χ4n) is 1.82. The highest BCUT2D eigenvalue weighted by molar-refractivity contribution is 9.10. The number of carbonyl (C=O) groups is 1. The van der Waals surface area contributed by atoms with E-state index < -0.39 is 0 Å². The Morgan fingerprint density at radius 2 is 2.16 bits per heavy atom. The van der Waals surface area contributed by atoms with Crippen LogP contribution < -0.4 is 0 Å². The third kappa shape index (κ3) is 2.93. The van der Waals surface area contributed by atoms with Crippen LogP contribution >= 0.6 is 27.7 Å². The summed E-state index contributed by atoms with van der Waals surface area (Å²) in [6, 6.07) is 3.60. The Morgan fingerprint density at radius 3 is 2.84 bits per heavy atom. The summed E-state index contributed by atoms with van der Waals surface area (Å²) in [7, 11) is 0. The Hall–Kier alpha value is -1.05. The van der Waals surface area contributed by atoms with E-state index in [1.54, 1.807) is 18.2 Å². The van der Waals surface area contributed by atoms with Gasteiger partial charge >= 0.3 is 0 Å². The summed E-state index contributed by atoms with van der Waals surface area (Å²) >= 11 is 4.62. The van der Waals surface area contributed by atoms with Crippen molar-refractivity contribution in [3.8, 4) is 0 Å². The molecule has 0 aliphatic carbocycles. The number of hydrogen-bond donors (Lipinski definition) is 0. The Kier molecular flexibility index (Phi) is 3.76. The average Bonchev–Trinajstić information content (AvgIpc) is 2.98. The molecule has 0 N–H and O–H groups in total. The second kappa shape index (κ2) is 5.52. The van der Waals surface area contributed by atoms with Gasteiger partial charge in [0.2, 0.25) is 0 Å². The van der Waals surface area contributed by atoms with E-state index in [0.717, 1.165) is 18.3 Å². The molecule has 19 heavy (non-hydrogen) atoms. The number of aliphatic imine (C=N–C) groups is 1. The second-order valence-electron chi connectivity index (χ2n) is 4.05. The molecule has 0 atom stereocenters. The minimum absolute atomic E-state index is 0.209. The largest absolute Gasteiger partial charge is 0.450 e. The highest BCUT2D eigenvalue weighted by Crippen LogP contribution is 2.31. The normalized spacial score (nSPS) is 22.2. The highest BCUT2D eigenvalue weighted by atomic mass is 79.9. The van der Waals surface area contributed by atoms with E-state index in [9.17, 15) is 4.79 Å². The van der Waals surface area contributed by atoms with Crippen molar-refractivity contribution in [3.63, 3.8) is 0 Å². The number of amides is 1. The summed E-state index contributed by atoms with van der Waals surface area (Å²) in [4.78, 5) is 18.6. The fraction of sp³-hybridized carbons (Fsp3) is 0.333. The quantitative estimate of drug-likeness (QED) is 0.733. The van der Waals surface area contributed by atoms with E-state index in [-0.39, 0.29) is 5.91 Å². The van der Waals surface area contributed by atoms with Crippen molar-refractivity contribution in [3.05, 3.63) is 27.5 Å². The molecule has 0 saturated carbocycles. The molecule has 1 saturated heterocycles. The molecule has 7 heteroatoms. The molecule has 1 aromatic heterocycles. The first-order valence-corrected chi connectivity index (χ1v) is 7.44. The van der Waals surface area contributed by atoms with Crippen LogP contribution in [0.3, 0.4) is 0 Å². The lowest BCUT2D eigenvalue weighted by molar-refractivity contribution is -0.113. The first kappa shape index (κ1) is 13.0. The van der Waals surface area contributed by atoms with Gasteiger partial charge in [0.15, 0.2) is 9.84 Å². The first-order chi connectivity index (χ1) is 9.22. The maximum atomic E-state index is 11.9. The molecule has 1 amide bonds. The van der Waals surface area contributed by atoms with E-state index in [0.29, 0.717) is 28.5 Å². The lowest BCUT2D eigenvalue weighted by Gasteiger charge is -2.27. The van der Waals surface area contributed by atoms with Gasteiger partial charge in [-0.1, -0.05) is 0 Å². The number of halogens is 1. The monoisotopic (exact) mass is 342 g/mol. The predicted molar refractivity (Wildman–Crippen MR) is 76.8 cm³/mol. The number of thioether (sulfide) groups is 1. The molecule has 2 aliphatic rings. The highest BCUT2D eigenvalue weighted by Gasteiger charge is 2.27. The van der Waals surface area contributed by atoms with Crippen molar-refractivity contribution in [1.29, 1.82) is 0 Å². The van der Waals surface area contributed by atoms with Gasteiger partial charge in [-0.15, -0.1) is 0 Å². The van der Waals surface area contributed by atoms with Gasteiger partial charge in [0, 0.05) is 19.2 Å². The summed E-state index contributed by atoms with van der Waals surface area (Å²) in [5.41, 5.74) is 0. The molecular formula is C12H11BrN2O3S. The van der Waals surface area contributed by atoms with Crippen molar-refractivity contribution in [2.75, 3.05) is 26.3 Å². The van der Waals surface area contributed by atoms with Gasteiger partial charge in [-0.25, -0.2) is 0 Å². The van der Waals surface area contributed by atoms with Crippen molar-refractivity contribution in [2.45, 2.75) is 0 Å². The Morgan fingerprint density at radius 1 is 1.37 bits per heavy atom. The van der Waals surface area contributed by atoms with Crippen LogP contribution in [0.25, 0.3) is 6.08 Å². The fourth-order valence-corrected chi connectivity index (χ4v) is 3.09. The number of carbonyl (C=O) groups excluding carboxylic acids is 1. The molecule has 3 heterocycles. The number of amidine groups is 1.